The van der Waals surface area contributed by atoms with Gasteiger partial charge in [0.1, 0.15) is 11.9 Å². The lowest BCUT2D eigenvalue weighted by Crippen LogP contribution is -2.22. The summed E-state index contributed by atoms with van der Waals surface area (Å²) in [5.74, 6) is -0.283. The van der Waals surface area contributed by atoms with Gasteiger partial charge >= 0.3 is 0 Å². The van der Waals surface area contributed by atoms with E-state index in [-0.39, 0.29) is 23.6 Å². The average molecular weight is 292 g/mol. The molecule has 102 valence electrons. The molecule has 3 rings (SSSR count). The van der Waals surface area contributed by atoms with Crippen LogP contribution in [0.15, 0.2) is 36.4 Å². The smallest absolute Gasteiger partial charge is 0.170 e. The Bertz CT molecular complexity index is 702. The summed E-state index contributed by atoms with van der Waals surface area (Å²) in [6.07, 6.45) is -0.604. The third kappa shape index (κ3) is 2.12. The number of anilines is 1. The topological polar surface area (TPSA) is 52.3 Å². The van der Waals surface area contributed by atoms with E-state index in [9.17, 15) is 9.18 Å². The van der Waals surface area contributed by atoms with Crippen LogP contribution in [0.1, 0.15) is 28.4 Å². The first-order chi connectivity index (χ1) is 9.56. The average Bonchev–Trinajstić information content (AvgIpc) is 2.40. The van der Waals surface area contributed by atoms with E-state index >= 15 is 0 Å². The van der Waals surface area contributed by atoms with E-state index in [2.05, 4.69) is 0 Å². The van der Waals surface area contributed by atoms with Crippen molar-refractivity contribution in [1.29, 1.82) is 0 Å². The fraction of sp³-hybridized carbons (Fsp3) is 0.133. The van der Waals surface area contributed by atoms with Crippen molar-refractivity contribution in [2.75, 3.05) is 5.73 Å². The van der Waals surface area contributed by atoms with Crippen molar-refractivity contribution >= 4 is 23.1 Å². The number of hydrogen-bond acceptors (Lipinski definition) is 3. The Morgan fingerprint density at radius 2 is 2.05 bits per heavy atom. The molecule has 0 saturated heterocycles. The molecule has 2 N–H and O–H groups in total. The molecular formula is C15H11ClFNO2. The number of nitrogens with two attached hydrogens (primary N) is 1. The number of ketones is 1. The maximum Gasteiger partial charge on any atom is 0.170 e. The highest BCUT2D eigenvalue weighted by Gasteiger charge is 2.30. The molecule has 1 aliphatic heterocycles. The van der Waals surface area contributed by atoms with Gasteiger partial charge in [0.15, 0.2) is 11.5 Å². The molecule has 5 heteroatoms. The summed E-state index contributed by atoms with van der Waals surface area (Å²) in [4.78, 5) is 12.2. The maximum absolute atomic E-state index is 13.8. The molecule has 3 nitrogen and oxygen atoms in total. The van der Waals surface area contributed by atoms with E-state index in [0.29, 0.717) is 16.1 Å². The van der Waals surface area contributed by atoms with Gasteiger partial charge in [0.25, 0.3) is 0 Å². The summed E-state index contributed by atoms with van der Waals surface area (Å²) in [5, 5.41) is 0.377. The summed E-state index contributed by atoms with van der Waals surface area (Å²) in [7, 11) is 0. The van der Waals surface area contributed by atoms with Crippen molar-refractivity contribution < 1.29 is 13.9 Å². The zero-order valence-corrected chi connectivity index (χ0v) is 11.2. The van der Waals surface area contributed by atoms with Gasteiger partial charge in [-0.15, -0.1) is 0 Å². The van der Waals surface area contributed by atoms with Crippen LogP contribution in [0.25, 0.3) is 0 Å². The Labute approximate surface area is 120 Å². The number of hydrogen-bond donors (Lipinski definition) is 1. The summed E-state index contributed by atoms with van der Waals surface area (Å²) in [6.45, 7) is 0. The molecule has 0 radical (unpaired) electrons. The summed E-state index contributed by atoms with van der Waals surface area (Å²) >= 11 is 5.88. The van der Waals surface area contributed by atoms with Gasteiger partial charge in [-0.05, 0) is 18.2 Å². The molecule has 0 bridgehead atoms. The molecule has 0 spiro atoms. The molecule has 20 heavy (non-hydrogen) atoms. The molecule has 0 saturated carbocycles. The number of carbonyl (C=O) groups excluding carboxylic acids is 1. The lowest BCUT2D eigenvalue weighted by Gasteiger charge is -2.27. The van der Waals surface area contributed by atoms with Crippen LogP contribution < -0.4 is 10.5 Å². The highest BCUT2D eigenvalue weighted by molar-refractivity contribution is 6.31. The Morgan fingerprint density at radius 1 is 1.30 bits per heavy atom. The fourth-order valence-electron chi connectivity index (χ4n) is 2.33. The van der Waals surface area contributed by atoms with Crippen molar-refractivity contribution in [3.8, 4) is 5.75 Å². The van der Waals surface area contributed by atoms with Gasteiger partial charge in [-0.2, -0.15) is 0 Å². The lowest BCUT2D eigenvalue weighted by molar-refractivity contribution is 0.0847. The normalized spacial score (nSPS) is 17.5. The van der Waals surface area contributed by atoms with E-state index < -0.39 is 11.9 Å². The maximum atomic E-state index is 13.8. The number of nitrogen functional groups attached to an aromatic ring is 1. The molecule has 0 fully saturated rings. The largest absolute Gasteiger partial charge is 0.482 e. The van der Waals surface area contributed by atoms with E-state index in [0.717, 1.165) is 0 Å². The van der Waals surface area contributed by atoms with Crippen molar-refractivity contribution in [1.82, 2.24) is 0 Å². The van der Waals surface area contributed by atoms with Crippen molar-refractivity contribution in [3.63, 3.8) is 0 Å². The number of rotatable bonds is 1. The molecule has 0 aliphatic carbocycles. The highest BCUT2D eigenvalue weighted by Crippen LogP contribution is 2.40. The highest BCUT2D eigenvalue weighted by atomic mass is 35.5. The van der Waals surface area contributed by atoms with Gasteiger partial charge in [-0.25, -0.2) is 4.39 Å². The van der Waals surface area contributed by atoms with Crippen LogP contribution in [-0.4, -0.2) is 5.78 Å². The quantitative estimate of drug-likeness (QED) is 0.814. The van der Waals surface area contributed by atoms with Gasteiger partial charge < -0.3 is 10.5 Å². The molecule has 2 aromatic rings. The number of benzene rings is 2. The molecule has 1 aliphatic rings. The summed E-state index contributed by atoms with van der Waals surface area (Å²) in [5.41, 5.74) is 6.80. The Kier molecular flexibility index (Phi) is 3.10. The van der Waals surface area contributed by atoms with Crippen LogP contribution in [0, 0.1) is 5.82 Å². The van der Waals surface area contributed by atoms with Crippen LogP contribution in [0.3, 0.4) is 0 Å². The molecule has 1 atom stereocenters. The minimum Gasteiger partial charge on any atom is -0.482 e. The third-order valence-corrected chi connectivity index (χ3v) is 3.48. The standard InChI is InChI=1S/C15H11ClFNO2/c16-8-5-10-13(19)7-14(20-15(10)12(18)6-8)9-3-1-2-4-11(9)17/h1-6,14H,7,18H2. The van der Waals surface area contributed by atoms with Gasteiger partial charge in [0.2, 0.25) is 0 Å². The van der Waals surface area contributed by atoms with Gasteiger partial charge in [-0.1, -0.05) is 29.8 Å². The number of Topliss-reactive ketones (excluding diaryl/α,β-unsaturated/α-hetero) is 1. The zero-order valence-electron chi connectivity index (χ0n) is 10.4. The van der Waals surface area contributed by atoms with Crippen molar-refractivity contribution in [2.45, 2.75) is 12.5 Å². The van der Waals surface area contributed by atoms with Crippen LogP contribution in [0.2, 0.25) is 5.02 Å². The molecule has 0 aromatic heterocycles. The fourth-order valence-corrected chi connectivity index (χ4v) is 2.55. The SMILES string of the molecule is Nc1cc(Cl)cc2c1OC(c1ccccc1F)CC2=O. The first-order valence-electron chi connectivity index (χ1n) is 6.09. The van der Waals surface area contributed by atoms with E-state index in [4.69, 9.17) is 22.1 Å². The molecule has 2 aromatic carbocycles. The Hall–Kier alpha value is -2.07. The third-order valence-electron chi connectivity index (χ3n) is 3.27. The Balaban J connectivity index is 2.05. The van der Waals surface area contributed by atoms with Crippen molar-refractivity contribution in [3.05, 3.63) is 58.4 Å². The summed E-state index contributed by atoms with van der Waals surface area (Å²) < 4.78 is 19.5. The zero-order chi connectivity index (χ0) is 14.3. The van der Waals surface area contributed by atoms with Crippen molar-refractivity contribution in [2.24, 2.45) is 0 Å². The monoisotopic (exact) mass is 291 g/mol. The van der Waals surface area contributed by atoms with Gasteiger partial charge in [-0.3, -0.25) is 4.79 Å². The van der Waals surface area contributed by atoms with Crippen LogP contribution >= 0.6 is 11.6 Å². The van der Waals surface area contributed by atoms with Crippen LogP contribution in [0.4, 0.5) is 10.1 Å². The number of fused-ring (bicyclic) bond motifs is 1. The number of halogens is 2. The predicted octanol–water partition coefficient (Wildman–Crippen LogP) is 3.77. The second kappa shape index (κ2) is 4.80. The van der Waals surface area contributed by atoms with Crippen LogP contribution in [-0.2, 0) is 0 Å². The molecule has 1 heterocycles. The minimum absolute atomic E-state index is 0.0632. The van der Waals surface area contributed by atoms with E-state index in [1.807, 2.05) is 0 Å². The number of carbonyl (C=O) groups is 1. The minimum atomic E-state index is -0.667. The first kappa shape index (κ1) is 12.9. The summed E-state index contributed by atoms with van der Waals surface area (Å²) in [6, 6.07) is 9.26. The second-order valence-corrected chi connectivity index (χ2v) is 5.06. The van der Waals surface area contributed by atoms with Crippen LogP contribution in [0.5, 0.6) is 5.75 Å². The second-order valence-electron chi connectivity index (χ2n) is 4.63. The first-order valence-corrected chi connectivity index (χ1v) is 6.47. The molecule has 0 amide bonds. The predicted molar refractivity (Wildman–Crippen MR) is 74.6 cm³/mol. The Morgan fingerprint density at radius 3 is 2.80 bits per heavy atom. The lowest BCUT2D eigenvalue weighted by atomic mass is 9.95. The van der Waals surface area contributed by atoms with E-state index in [1.54, 1.807) is 18.2 Å². The molecular weight excluding hydrogens is 281 g/mol. The van der Waals surface area contributed by atoms with Gasteiger partial charge in [0, 0.05) is 10.6 Å². The van der Waals surface area contributed by atoms with Gasteiger partial charge in [0.05, 0.1) is 17.7 Å². The number of ether oxygens (including phenoxy) is 1. The molecule has 1 unspecified atom stereocenters. The van der Waals surface area contributed by atoms with E-state index in [1.165, 1.54) is 18.2 Å².